The lowest BCUT2D eigenvalue weighted by atomic mass is 10.0. The van der Waals surface area contributed by atoms with Gasteiger partial charge >= 0.3 is 0 Å². The van der Waals surface area contributed by atoms with Crippen molar-refractivity contribution in [2.75, 3.05) is 6.54 Å². The molecule has 4 rings (SSSR count). The van der Waals surface area contributed by atoms with Gasteiger partial charge in [0.05, 0.1) is 17.3 Å². The third kappa shape index (κ3) is 2.62. The van der Waals surface area contributed by atoms with E-state index in [1.165, 1.54) is 24.6 Å². The molecule has 3 heterocycles. The molecule has 1 aliphatic heterocycles. The van der Waals surface area contributed by atoms with E-state index >= 15 is 0 Å². The van der Waals surface area contributed by atoms with Crippen LogP contribution in [-0.4, -0.2) is 26.4 Å². The van der Waals surface area contributed by atoms with Crippen LogP contribution >= 0.6 is 0 Å². The second-order valence-corrected chi connectivity index (χ2v) is 5.95. The molecule has 1 saturated heterocycles. The number of aromatic nitrogens is 3. The van der Waals surface area contributed by atoms with Crippen LogP contribution in [0.15, 0.2) is 48.8 Å². The Morgan fingerprint density at radius 1 is 1.14 bits per heavy atom. The first-order valence-electron chi connectivity index (χ1n) is 7.98. The van der Waals surface area contributed by atoms with Crippen molar-refractivity contribution in [1.29, 1.82) is 0 Å². The number of rotatable bonds is 3. The number of benzene rings is 1. The minimum Gasteiger partial charge on any atom is -0.347 e. The Bertz CT molecular complexity index is 751. The van der Waals surface area contributed by atoms with Crippen LogP contribution in [0.1, 0.15) is 36.8 Å². The third-order valence-corrected chi connectivity index (χ3v) is 4.47. The van der Waals surface area contributed by atoms with Crippen molar-refractivity contribution in [3.8, 4) is 0 Å². The molecule has 1 unspecified atom stereocenters. The molecule has 0 saturated carbocycles. The Kier molecular flexibility index (Phi) is 3.60. The minimum absolute atomic E-state index is 0.386. The molecular weight excluding hydrogens is 272 g/mol. The van der Waals surface area contributed by atoms with E-state index in [1.54, 1.807) is 0 Å². The molecule has 0 spiro atoms. The summed E-state index contributed by atoms with van der Waals surface area (Å²) in [5.41, 5.74) is 2.21. The van der Waals surface area contributed by atoms with Gasteiger partial charge in [0.25, 0.3) is 0 Å². The number of H-pyrrole nitrogens is 1. The summed E-state index contributed by atoms with van der Waals surface area (Å²) < 4.78 is 0. The molecule has 2 aromatic heterocycles. The fourth-order valence-electron chi connectivity index (χ4n) is 3.35. The highest BCUT2D eigenvalue weighted by Gasteiger charge is 2.25. The van der Waals surface area contributed by atoms with Crippen molar-refractivity contribution < 1.29 is 0 Å². The Morgan fingerprint density at radius 3 is 3.00 bits per heavy atom. The molecule has 4 nitrogen and oxygen atoms in total. The van der Waals surface area contributed by atoms with Crippen LogP contribution in [0.5, 0.6) is 0 Å². The van der Waals surface area contributed by atoms with Gasteiger partial charge in [-0.25, -0.2) is 4.98 Å². The maximum atomic E-state index is 4.81. The van der Waals surface area contributed by atoms with E-state index in [4.69, 9.17) is 4.98 Å². The predicted octanol–water partition coefficient (Wildman–Crippen LogP) is 3.69. The van der Waals surface area contributed by atoms with Gasteiger partial charge in [-0.1, -0.05) is 30.7 Å². The Hall–Kier alpha value is -2.20. The van der Waals surface area contributed by atoms with Crippen LogP contribution < -0.4 is 0 Å². The van der Waals surface area contributed by atoms with Crippen LogP contribution in [0.25, 0.3) is 10.9 Å². The lowest BCUT2D eigenvalue weighted by molar-refractivity contribution is 0.133. The molecular formula is C18H20N4. The van der Waals surface area contributed by atoms with E-state index in [1.807, 2.05) is 18.5 Å². The monoisotopic (exact) mass is 292 g/mol. The van der Waals surface area contributed by atoms with Crippen LogP contribution in [0.3, 0.4) is 0 Å². The van der Waals surface area contributed by atoms with Gasteiger partial charge in [0.2, 0.25) is 0 Å². The SMILES string of the molecule is c1ccc2nc(CN3CCCCC3c3ncc[nH]3)ccc2c1. The fraction of sp³-hybridized carbons (Fsp3) is 0.333. The maximum Gasteiger partial charge on any atom is 0.123 e. The number of fused-ring (bicyclic) bond motifs is 1. The summed E-state index contributed by atoms with van der Waals surface area (Å²) in [5.74, 6) is 1.08. The number of nitrogens with one attached hydrogen (secondary N) is 1. The highest BCUT2D eigenvalue weighted by atomic mass is 15.2. The van der Waals surface area contributed by atoms with E-state index < -0.39 is 0 Å². The molecule has 1 N–H and O–H groups in total. The molecule has 0 bridgehead atoms. The number of likely N-dealkylation sites (tertiary alicyclic amines) is 1. The first-order chi connectivity index (χ1) is 10.9. The summed E-state index contributed by atoms with van der Waals surface area (Å²) in [6, 6.07) is 13.0. The standard InChI is InChI=1S/C18H20N4/c1-2-6-16-14(5-1)8-9-15(21-16)13-22-12-4-3-7-17(22)18-19-10-11-20-18/h1-2,5-6,8-11,17H,3-4,7,12-13H2,(H,19,20). The summed E-state index contributed by atoms with van der Waals surface area (Å²) in [7, 11) is 0. The first-order valence-corrected chi connectivity index (χ1v) is 7.98. The number of nitrogens with zero attached hydrogens (tertiary/aromatic N) is 3. The number of aromatic amines is 1. The highest BCUT2D eigenvalue weighted by Crippen LogP contribution is 2.30. The van der Waals surface area contributed by atoms with E-state index in [2.05, 4.69) is 45.2 Å². The molecule has 3 aromatic rings. The molecule has 1 atom stereocenters. The summed E-state index contributed by atoms with van der Waals surface area (Å²) in [5, 5.41) is 1.20. The number of para-hydroxylation sites is 1. The molecule has 1 fully saturated rings. The molecule has 1 aromatic carbocycles. The number of pyridine rings is 1. The normalized spacial score (nSPS) is 19.5. The highest BCUT2D eigenvalue weighted by molar-refractivity contribution is 5.78. The smallest absolute Gasteiger partial charge is 0.123 e. The average molecular weight is 292 g/mol. The summed E-state index contributed by atoms with van der Waals surface area (Å²) in [6.45, 7) is 2.00. The average Bonchev–Trinajstić information content (AvgIpc) is 3.10. The van der Waals surface area contributed by atoms with E-state index in [0.29, 0.717) is 6.04 Å². The molecule has 0 aliphatic carbocycles. The van der Waals surface area contributed by atoms with Gasteiger partial charge in [0, 0.05) is 24.3 Å². The Labute approximate surface area is 130 Å². The van der Waals surface area contributed by atoms with E-state index in [-0.39, 0.29) is 0 Å². The van der Waals surface area contributed by atoms with Crippen molar-refractivity contribution in [3.05, 3.63) is 60.3 Å². The molecule has 0 radical (unpaired) electrons. The van der Waals surface area contributed by atoms with Crippen molar-refractivity contribution in [2.45, 2.75) is 31.8 Å². The second-order valence-electron chi connectivity index (χ2n) is 5.95. The van der Waals surface area contributed by atoms with Crippen LogP contribution in [0.2, 0.25) is 0 Å². The Morgan fingerprint density at radius 2 is 2.09 bits per heavy atom. The van der Waals surface area contributed by atoms with E-state index in [9.17, 15) is 0 Å². The van der Waals surface area contributed by atoms with Crippen molar-refractivity contribution >= 4 is 10.9 Å². The van der Waals surface area contributed by atoms with Gasteiger partial charge < -0.3 is 4.98 Å². The topological polar surface area (TPSA) is 44.8 Å². The zero-order valence-electron chi connectivity index (χ0n) is 12.6. The van der Waals surface area contributed by atoms with Gasteiger partial charge in [-0.2, -0.15) is 0 Å². The van der Waals surface area contributed by atoms with Gasteiger partial charge in [-0.05, 0) is 31.5 Å². The van der Waals surface area contributed by atoms with Crippen molar-refractivity contribution in [1.82, 2.24) is 19.9 Å². The summed E-state index contributed by atoms with van der Waals surface area (Å²) >= 11 is 0. The number of imidazole rings is 1. The quantitative estimate of drug-likeness (QED) is 0.801. The number of hydrogen-bond acceptors (Lipinski definition) is 3. The lowest BCUT2D eigenvalue weighted by Gasteiger charge is -2.34. The fourth-order valence-corrected chi connectivity index (χ4v) is 3.35. The zero-order valence-corrected chi connectivity index (χ0v) is 12.6. The second kappa shape index (κ2) is 5.89. The van der Waals surface area contributed by atoms with Crippen LogP contribution in [-0.2, 0) is 6.54 Å². The molecule has 4 heteroatoms. The maximum absolute atomic E-state index is 4.81. The lowest BCUT2D eigenvalue weighted by Crippen LogP contribution is -2.33. The van der Waals surface area contributed by atoms with Gasteiger partial charge in [0.15, 0.2) is 0 Å². The molecule has 1 aliphatic rings. The van der Waals surface area contributed by atoms with Gasteiger partial charge in [-0.3, -0.25) is 9.88 Å². The minimum atomic E-state index is 0.386. The summed E-state index contributed by atoms with van der Waals surface area (Å²) in [4.78, 5) is 15.1. The van der Waals surface area contributed by atoms with Crippen LogP contribution in [0, 0.1) is 0 Å². The van der Waals surface area contributed by atoms with Crippen LogP contribution in [0.4, 0.5) is 0 Å². The van der Waals surface area contributed by atoms with Gasteiger partial charge in [0.1, 0.15) is 5.82 Å². The molecule has 0 amide bonds. The largest absolute Gasteiger partial charge is 0.347 e. The number of hydrogen-bond donors (Lipinski definition) is 1. The van der Waals surface area contributed by atoms with Crippen molar-refractivity contribution in [2.24, 2.45) is 0 Å². The Balaban J connectivity index is 1.59. The summed E-state index contributed by atoms with van der Waals surface area (Å²) in [6.07, 6.45) is 7.45. The van der Waals surface area contributed by atoms with E-state index in [0.717, 1.165) is 30.1 Å². The van der Waals surface area contributed by atoms with Crippen molar-refractivity contribution in [3.63, 3.8) is 0 Å². The zero-order chi connectivity index (χ0) is 14.8. The van der Waals surface area contributed by atoms with Gasteiger partial charge in [-0.15, -0.1) is 0 Å². The predicted molar refractivity (Wildman–Crippen MR) is 87.3 cm³/mol. The third-order valence-electron chi connectivity index (χ3n) is 4.47. The molecule has 112 valence electrons. The first kappa shape index (κ1) is 13.5. The molecule has 22 heavy (non-hydrogen) atoms. The number of piperidine rings is 1.